The first kappa shape index (κ1) is 17.3. The summed E-state index contributed by atoms with van der Waals surface area (Å²) < 4.78 is 5.86. The molecule has 4 N–H and O–H groups in total. The van der Waals surface area contributed by atoms with Crippen molar-refractivity contribution in [2.45, 2.75) is 56.1 Å². The highest BCUT2D eigenvalue weighted by molar-refractivity contribution is 8.14. The number of carbonyl (C=O) groups is 1. The predicted octanol–water partition coefficient (Wildman–Crippen LogP) is -0.0976. The van der Waals surface area contributed by atoms with E-state index in [4.69, 9.17) is 9.84 Å². The van der Waals surface area contributed by atoms with Crippen LogP contribution in [-0.2, 0) is 4.74 Å². The molecule has 0 radical (unpaired) electrons. The van der Waals surface area contributed by atoms with Crippen LogP contribution in [0.3, 0.4) is 0 Å². The molecule has 0 aliphatic carbocycles. The molecule has 0 bridgehead atoms. The number of amides is 1. The second kappa shape index (κ2) is 7.03. The van der Waals surface area contributed by atoms with E-state index in [1.54, 1.807) is 20.9 Å². The number of hydrogen-bond donors (Lipinski definition) is 4. The lowest BCUT2D eigenvalue weighted by Crippen LogP contribution is -2.59. The van der Waals surface area contributed by atoms with Gasteiger partial charge in [0.15, 0.2) is 5.17 Å². The maximum atomic E-state index is 11.2. The fraction of sp³-hybridized carbons (Fsp3) is 0.846. The lowest BCUT2D eigenvalue weighted by atomic mass is 9.94. The lowest BCUT2D eigenvalue weighted by Gasteiger charge is -2.40. The van der Waals surface area contributed by atoms with Gasteiger partial charge in [-0.15, -0.1) is 0 Å². The normalized spacial score (nSPS) is 37.5. The molecule has 2 saturated heterocycles. The molecule has 2 aliphatic rings. The average Bonchev–Trinajstić information content (AvgIpc) is 2.88. The molecule has 2 aliphatic heterocycles. The summed E-state index contributed by atoms with van der Waals surface area (Å²) in [6, 6.07) is -0.725. The molecular weight excluding hydrogens is 310 g/mol. The standard InChI is InChI=1S/C13H23N3O5S/c1-4-16(13(19)20)6(2)5-7-9(17)10(18)8-11(21-7)22-12(14-3)15-8/h6-11,17-18H,4-5H2,1-3H3,(H,14,15)(H,19,20)/t6?,7-,8-,9-,10-,11-/m1/s1. The first-order chi connectivity index (χ1) is 10.4. The second-order valence-corrected chi connectivity index (χ2v) is 6.58. The minimum Gasteiger partial charge on any atom is -0.465 e. The van der Waals surface area contributed by atoms with Gasteiger partial charge >= 0.3 is 6.09 Å². The number of aliphatic hydroxyl groups excluding tert-OH is 2. The van der Waals surface area contributed by atoms with E-state index in [2.05, 4.69) is 10.3 Å². The van der Waals surface area contributed by atoms with Gasteiger partial charge in [-0.05, 0) is 20.3 Å². The van der Waals surface area contributed by atoms with Gasteiger partial charge < -0.3 is 30.3 Å². The second-order valence-electron chi connectivity index (χ2n) is 5.49. The maximum absolute atomic E-state index is 11.2. The van der Waals surface area contributed by atoms with Gasteiger partial charge in [-0.3, -0.25) is 4.99 Å². The zero-order valence-corrected chi connectivity index (χ0v) is 13.7. The monoisotopic (exact) mass is 333 g/mol. The SMILES string of the molecule is CCN(C(=O)O)C(C)C[C@H]1O[C@@H]2SC(=NC)N[C@@H]2[C@@H](O)[C@@H]1O. The number of fused-ring (bicyclic) bond motifs is 1. The topological polar surface area (TPSA) is 115 Å². The Hall–Kier alpha value is -1.03. The summed E-state index contributed by atoms with van der Waals surface area (Å²) in [5, 5.41) is 33.4. The Bertz CT molecular complexity index is 449. The average molecular weight is 333 g/mol. The summed E-state index contributed by atoms with van der Waals surface area (Å²) in [4.78, 5) is 16.5. The molecule has 2 heterocycles. The Morgan fingerprint density at radius 1 is 1.50 bits per heavy atom. The number of thioether (sulfide) groups is 1. The van der Waals surface area contributed by atoms with Crippen molar-refractivity contribution in [1.82, 2.24) is 10.2 Å². The summed E-state index contributed by atoms with van der Waals surface area (Å²) in [6.07, 6.45) is -3.36. The number of rotatable bonds is 4. The number of hydrogen-bond acceptors (Lipinski definition) is 6. The molecule has 8 nitrogen and oxygen atoms in total. The number of ether oxygens (including phenoxy) is 1. The van der Waals surface area contributed by atoms with E-state index in [9.17, 15) is 15.0 Å². The molecule has 1 amide bonds. The molecule has 0 spiro atoms. The molecule has 0 aromatic rings. The number of aliphatic hydroxyl groups is 2. The number of nitrogens with one attached hydrogen (secondary N) is 1. The van der Waals surface area contributed by atoms with E-state index >= 15 is 0 Å². The van der Waals surface area contributed by atoms with E-state index in [0.29, 0.717) is 18.1 Å². The van der Waals surface area contributed by atoms with Crippen LogP contribution in [0.5, 0.6) is 0 Å². The Morgan fingerprint density at radius 3 is 2.73 bits per heavy atom. The minimum atomic E-state index is -1.07. The summed E-state index contributed by atoms with van der Waals surface area (Å²) in [5.74, 6) is 0. The predicted molar refractivity (Wildman–Crippen MR) is 83.0 cm³/mol. The van der Waals surface area contributed by atoms with Crippen molar-refractivity contribution in [3.63, 3.8) is 0 Å². The molecule has 2 rings (SSSR count). The Kier molecular flexibility index (Phi) is 5.54. The maximum Gasteiger partial charge on any atom is 0.407 e. The summed E-state index contributed by atoms with van der Waals surface area (Å²) >= 11 is 1.37. The first-order valence-electron chi connectivity index (χ1n) is 7.30. The van der Waals surface area contributed by atoms with Gasteiger partial charge in [-0.1, -0.05) is 11.8 Å². The number of aliphatic imine (C=N–C) groups is 1. The van der Waals surface area contributed by atoms with Crippen LogP contribution in [0.25, 0.3) is 0 Å². The van der Waals surface area contributed by atoms with Gasteiger partial charge in [0.1, 0.15) is 17.6 Å². The van der Waals surface area contributed by atoms with Crippen molar-refractivity contribution >= 4 is 23.0 Å². The summed E-state index contributed by atoms with van der Waals surface area (Å²) in [5.41, 5.74) is -0.339. The van der Waals surface area contributed by atoms with Crippen LogP contribution < -0.4 is 5.32 Å². The third-order valence-electron chi connectivity index (χ3n) is 4.11. The summed E-state index contributed by atoms with van der Waals surface area (Å²) in [7, 11) is 1.64. The smallest absolute Gasteiger partial charge is 0.407 e. The molecular formula is C13H23N3O5S. The molecule has 9 heteroatoms. The largest absolute Gasteiger partial charge is 0.465 e. The molecule has 0 aromatic carbocycles. The highest BCUT2D eigenvalue weighted by Crippen LogP contribution is 2.35. The highest BCUT2D eigenvalue weighted by Gasteiger charge is 2.49. The Labute approximate surface area is 133 Å². The molecule has 1 unspecified atom stereocenters. The zero-order chi connectivity index (χ0) is 16.4. The van der Waals surface area contributed by atoms with Crippen molar-refractivity contribution in [2.24, 2.45) is 4.99 Å². The van der Waals surface area contributed by atoms with Crippen molar-refractivity contribution in [2.75, 3.05) is 13.6 Å². The van der Waals surface area contributed by atoms with Crippen LogP contribution >= 0.6 is 11.8 Å². The first-order valence-corrected chi connectivity index (χ1v) is 8.18. The van der Waals surface area contributed by atoms with Gasteiger partial charge in [0.25, 0.3) is 0 Å². The van der Waals surface area contributed by atoms with Gasteiger partial charge in [0.2, 0.25) is 0 Å². The number of nitrogens with zero attached hydrogens (tertiary/aromatic N) is 2. The fourth-order valence-corrected chi connectivity index (χ4v) is 3.99. The van der Waals surface area contributed by atoms with Gasteiger partial charge in [-0.2, -0.15) is 0 Å². The van der Waals surface area contributed by atoms with E-state index in [0.717, 1.165) is 0 Å². The molecule has 2 fully saturated rings. The zero-order valence-electron chi connectivity index (χ0n) is 12.8. The van der Waals surface area contributed by atoms with Gasteiger partial charge in [0.05, 0.1) is 12.1 Å². The van der Waals surface area contributed by atoms with Crippen LogP contribution in [0.4, 0.5) is 4.79 Å². The fourth-order valence-electron chi connectivity index (χ4n) is 2.88. The van der Waals surface area contributed by atoms with Crippen LogP contribution in [0.15, 0.2) is 4.99 Å². The van der Waals surface area contributed by atoms with E-state index in [1.165, 1.54) is 16.7 Å². The molecule has 0 aromatic heterocycles. The van der Waals surface area contributed by atoms with Crippen molar-refractivity contribution in [1.29, 1.82) is 0 Å². The van der Waals surface area contributed by atoms with Gasteiger partial charge in [0, 0.05) is 19.6 Å². The van der Waals surface area contributed by atoms with E-state index < -0.39 is 30.4 Å². The molecule has 6 atom stereocenters. The van der Waals surface area contributed by atoms with Crippen LogP contribution in [-0.4, -0.2) is 80.9 Å². The lowest BCUT2D eigenvalue weighted by molar-refractivity contribution is -0.161. The van der Waals surface area contributed by atoms with E-state index in [1.807, 2.05) is 0 Å². The van der Waals surface area contributed by atoms with Crippen molar-refractivity contribution < 1.29 is 24.9 Å². The van der Waals surface area contributed by atoms with Crippen LogP contribution in [0.1, 0.15) is 20.3 Å². The highest BCUT2D eigenvalue weighted by atomic mass is 32.2. The Morgan fingerprint density at radius 2 is 2.18 bits per heavy atom. The quantitative estimate of drug-likeness (QED) is 0.568. The molecule has 0 saturated carbocycles. The van der Waals surface area contributed by atoms with Crippen molar-refractivity contribution in [3.8, 4) is 0 Å². The Balaban J connectivity index is 2.04. The van der Waals surface area contributed by atoms with Gasteiger partial charge in [-0.25, -0.2) is 4.79 Å². The third kappa shape index (κ3) is 3.32. The van der Waals surface area contributed by atoms with E-state index in [-0.39, 0.29) is 11.5 Å². The minimum absolute atomic E-state index is 0.315. The number of amidine groups is 1. The van der Waals surface area contributed by atoms with Crippen LogP contribution in [0, 0.1) is 0 Å². The third-order valence-corrected chi connectivity index (χ3v) is 5.27. The molecule has 22 heavy (non-hydrogen) atoms. The van der Waals surface area contributed by atoms with Crippen molar-refractivity contribution in [3.05, 3.63) is 0 Å². The number of carboxylic acid groups (broad SMARTS) is 1. The van der Waals surface area contributed by atoms with Crippen LogP contribution in [0.2, 0.25) is 0 Å². The summed E-state index contributed by atoms with van der Waals surface area (Å²) in [6.45, 7) is 3.89. The molecule has 126 valence electrons.